The number of nitrogens with one attached hydrogen (secondary N) is 1. The molecule has 1 aromatic carbocycles. The second-order valence-electron chi connectivity index (χ2n) is 7.06. The number of carbonyl (C=O) groups is 1. The molecule has 27 heavy (non-hydrogen) atoms. The topological polar surface area (TPSA) is 81.2 Å². The van der Waals surface area contributed by atoms with E-state index in [1.54, 1.807) is 18.4 Å². The Morgan fingerprint density at radius 2 is 1.93 bits per heavy atom. The quantitative estimate of drug-likeness (QED) is 0.641. The highest BCUT2D eigenvalue weighted by molar-refractivity contribution is 5.91. The summed E-state index contributed by atoms with van der Waals surface area (Å²) in [5, 5.41) is 11.1. The number of hydrogen-bond acceptors (Lipinski definition) is 5. The van der Waals surface area contributed by atoms with Crippen molar-refractivity contribution in [3.8, 4) is 23.1 Å². The second-order valence-corrected chi connectivity index (χ2v) is 7.06. The number of anilines is 1. The zero-order valence-corrected chi connectivity index (χ0v) is 15.2. The van der Waals surface area contributed by atoms with E-state index in [-0.39, 0.29) is 5.91 Å². The van der Waals surface area contributed by atoms with Crippen molar-refractivity contribution in [1.82, 2.24) is 10.2 Å². The lowest BCUT2D eigenvalue weighted by atomic mass is 9.86. The SMILES string of the molecule is O=C(CCC1CCCCC1)Nc1cccc(-c2nnc(-c3ccco3)o2)c1. The van der Waals surface area contributed by atoms with Crippen LogP contribution in [0.5, 0.6) is 0 Å². The van der Waals surface area contributed by atoms with Crippen LogP contribution in [-0.4, -0.2) is 16.1 Å². The molecule has 1 aliphatic rings. The third-order valence-electron chi connectivity index (χ3n) is 5.05. The van der Waals surface area contributed by atoms with E-state index in [0.29, 0.717) is 29.9 Å². The molecule has 2 heterocycles. The molecule has 6 heteroatoms. The van der Waals surface area contributed by atoms with Crippen molar-refractivity contribution in [3.63, 3.8) is 0 Å². The van der Waals surface area contributed by atoms with E-state index in [2.05, 4.69) is 15.5 Å². The van der Waals surface area contributed by atoms with Gasteiger partial charge in [0.2, 0.25) is 11.8 Å². The van der Waals surface area contributed by atoms with Crippen LogP contribution in [0.4, 0.5) is 5.69 Å². The molecule has 1 amide bonds. The molecule has 0 saturated heterocycles. The minimum absolute atomic E-state index is 0.0551. The number of aromatic nitrogens is 2. The molecule has 4 rings (SSSR count). The Morgan fingerprint density at radius 1 is 1.07 bits per heavy atom. The Hall–Kier alpha value is -2.89. The molecule has 0 spiro atoms. The fourth-order valence-corrected chi connectivity index (χ4v) is 3.60. The summed E-state index contributed by atoms with van der Waals surface area (Å²) in [4.78, 5) is 12.3. The van der Waals surface area contributed by atoms with Gasteiger partial charge in [0.15, 0.2) is 5.76 Å². The predicted octanol–water partition coefficient (Wildman–Crippen LogP) is 5.30. The minimum atomic E-state index is 0.0551. The number of benzene rings is 1. The number of amides is 1. The molecule has 0 unspecified atom stereocenters. The molecule has 1 N–H and O–H groups in total. The minimum Gasteiger partial charge on any atom is -0.459 e. The van der Waals surface area contributed by atoms with Crippen LogP contribution in [-0.2, 0) is 4.79 Å². The van der Waals surface area contributed by atoms with Crippen molar-refractivity contribution in [3.05, 3.63) is 42.7 Å². The van der Waals surface area contributed by atoms with Gasteiger partial charge < -0.3 is 14.2 Å². The highest BCUT2D eigenvalue weighted by Gasteiger charge is 2.16. The summed E-state index contributed by atoms with van der Waals surface area (Å²) in [6.45, 7) is 0. The van der Waals surface area contributed by atoms with Gasteiger partial charge in [-0.15, -0.1) is 10.2 Å². The van der Waals surface area contributed by atoms with Gasteiger partial charge in [-0.25, -0.2) is 0 Å². The maximum Gasteiger partial charge on any atom is 0.283 e. The lowest BCUT2D eigenvalue weighted by molar-refractivity contribution is -0.116. The summed E-state index contributed by atoms with van der Waals surface area (Å²) in [7, 11) is 0. The summed E-state index contributed by atoms with van der Waals surface area (Å²) in [5.41, 5.74) is 1.49. The zero-order chi connectivity index (χ0) is 18.5. The van der Waals surface area contributed by atoms with E-state index in [4.69, 9.17) is 8.83 Å². The van der Waals surface area contributed by atoms with Crippen molar-refractivity contribution in [1.29, 1.82) is 0 Å². The number of carbonyl (C=O) groups excluding carboxylic acids is 1. The molecule has 1 saturated carbocycles. The molecule has 0 radical (unpaired) electrons. The molecule has 0 aliphatic heterocycles. The van der Waals surface area contributed by atoms with Crippen LogP contribution >= 0.6 is 0 Å². The molecule has 140 valence electrons. The van der Waals surface area contributed by atoms with E-state index in [9.17, 15) is 4.79 Å². The summed E-state index contributed by atoms with van der Waals surface area (Å²) < 4.78 is 10.9. The first-order chi connectivity index (χ1) is 13.3. The van der Waals surface area contributed by atoms with Gasteiger partial charge in [0.05, 0.1) is 6.26 Å². The van der Waals surface area contributed by atoms with Crippen LogP contribution in [0.3, 0.4) is 0 Å². The molecule has 0 bridgehead atoms. The third kappa shape index (κ3) is 4.45. The standard InChI is InChI=1S/C21H23N3O3/c25-19(12-11-15-6-2-1-3-7-15)22-17-9-4-8-16(14-17)20-23-24-21(27-20)18-10-5-13-26-18/h4-5,8-10,13-15H,1-3,6-7,11-12H2,(H,22,25). The van der Waals surface area contributed by atoms with Crippen LogP contribution in [0, 0.1) is 5.92 Å². The zero-order valence-electron chi connectivity index (χ0n) is 15.2. The largest absolute Gasteiger partial charge is 0.459 e. The first kappa shape index (κ1) is 17.5. The molecule has 1 fully saturated rings. The smallest absolute Gasteiger partial charge is 0.283 e. The third-order valence-corrected chi connectivity index (χ3v) is 5.05. The van der Waals surface area contributed by atoms with E-state index in [0.717, 1.165) is 17.7 Å². The van der Waals surface area contributed by atoms with Crippen molar-refractivity contribution in [2.75, 3.05) is 5.32 Å². The van der Waals surface area contributed by atoms with Gasteiger partial charge in [-0.1, -0.05) is 38.2 Å². The first-order valence-electron chi connectivity index (χ1n) is 9.55. The van der Waals surface area contributed by atoms with Gasteiger partial charge in [-0.2, -0.15) is 0 Å². The maximum absolute atomic E-state index is 12.3. The number of hydrogen-bond donors (Lipinski definition) is 1. The van der Waals surface area contributed by atoms with Crippen LogP contribution in [0.15, 0.2) is 51.5 Å². The average molecular weight is 365 g/mol. The predicted molar refractivity (Wildman–Crippen MR) is 102 cm³/mol. The fraction of sp³-hybridized carbons (Fsp3) is 0.381. The lowest BCUT2D eigenvalue weighted by Gasteiger charge is -2.21. The second kappa shape index (κ2) is 8.20. The van der Waals surface area contributed by atoms with Crippen LogP contribution in [0.25, 0.3) is 23.1 Å². The molecular formula is C21H23N3O3. The van der Waals surface area contributed by atoms with Gasteiger partial charge in [0.25, 0.3) is 5.89 Å². The summed E-state index contributed by atoms with van der Waals surface area (Å²) >= 11 is 0. The van der Waals surface area contributed by atoms with Gasteiger partial charge in [0.1, 0.15) is 0 Å². The van der Waals surface area contributed by atoms with E-state index < -0.39 is 0 Å². The average Bonchev–Trinajstić information content (AvgIpc) is 3.39. The fourth-order valence-electron chi connectivity index (χ4n) is 3.60. The van der Waals surface area contributed by atoms with Crippen LogP contribution in [0.2, 0.25) is 0 Å². The van der Waals surface area contributed by atoms with E-state index in [1.165, 1.54) is 32.1 Å². The summed E-state index contributed by atoms with van der Waals surface area (Å²) in [5.74, 6) is 2.01. The van der Waals surface area contributed by atoms with Gasteiger partial charge in [0, 0.05) is 17.7 Å². The Balaban J connectivity index is 1.38. The van der Waals surface area contributed by atoms with E-state index in [1.807, 2.05) is 24.3 Å². The Kier molecular flexibility index (Phi) is 5.32. The van der Waals surface area contributed by atoms with Gasteiger partial charge in [-0.05, 0) is 42.7 Å². The lowest BCUT2D eigenvalue weighted by Crippen LogP contribution is -2.14. The van der Waals surface area contributed by atoms with Crippen LogP contribution in [0.1, 0.15) is 44.9 Å². The Bertz CT molecular complexity index is 880. The van der Waals surface area contributed by atoms with Crippen molar-refractivity contribution in [2.45, 2.75) is 44.9 Å². The van der Waals surface area contributed by atoms with Crippen LogP contribution < -0.4 is 5.32 Å². The number of nitrogens with zero attached hydrogens (tertiary/aromatic N) is 2. The molecule has 1 aliphatic carbocycles. The van der Waals surface area contributed by atoms with Gasteiger partial charge >= 0.3 is 0 Å². The monoisotopic (exact) mass is 365 g/mol. The van der Waals surface area contributed by atoms with Crippen molar-refractivity contribution < 1.29 is 13.6 Å². The highest BCUT2D eigenvalue weighted by Crippen LogP contribution is 2.28. The number of rotatable bonds is 6. The highest BCUT2D eigenvalue weighted by atomic mass is 16.4. The molecule has 2 aromatic heterocycles. The first-order valence-corrected chi connectivity index (χ1v) is 9.55. The molecule has 3 aromatic rings. The Morgan fingerprint density at radius 3 is 2.74 bits per heavy atom. The molecular weight excluding hydrogens is 342 g/mol. The van der Waals surface area contributed by atoms with Crippen molar-refractivity contribution >= 4 is 11.6 Å². The van der Waals surface area contributed by atoms with E-state index >= 15 is 0 Å². The maximum atomic E-state index is 12.3. The van der Waals surface area contributed by atoms with Crippen molar-refractivity contribution in [2.24, 2.45) is 5.92 Å². The normalized spacial score (nSPS) is 15.0. The summed E-state index contributed by atoms with van der Waals surface area (Å²) in [6, 6.07) is 11.0. The molecule has 6 nitrogen and oxygen atoms in total. The summed E-state index contributed by atoms with van der Waals surface area (Å²) in [6.07, 6.45) is 9.57. The Labute approximate surface area is 158 Å². The number of furan rings is 1. The van der Waals surface area contributed by atoms with Gasteiger partial charge in [-0.3, -0.25) is 4.79 Å². The molecule has 0 atom stereocenters.